The van der Waals surface area contributed by atoms with Crippen LogP contribution in [0.5, 0.6) is 0 Å². The standard InChI is InChI=1S/C15H29NO/c1-3-7-15(17)13(4-2)16-11-10-12-8-5-6-9-14(12)16/h12-15,17H,3-11H2,1-2H3. The molecule has 2 fully saturated rings. The number of aliphatic hydroxyl groups is 1. The van der Waals surface area contributed by atoms with E-state index in [9.17, 15) is 5.11 Å². The van der Waals surface area contributed by atoms with Gasteiger partial charge in [-0.25, -0.2) is 0 Å². The Balaban J connectivity index is 1.99. The maximum Gasteiger partial charge on any atom is 0.0695 e. The molecule has 0 radical (unpaired) electrons. The Morgan fingerprint density at radius 2 is 1.94 bits per heavy atom. The lowest BCUT2D eigenvalue weighted by molar-refractivity contribution is 0.0219. The van der Waals surface area contributed by atoms with Crippen molar-refractivity contribution in [2.24, 2.45) is 5.92 Å². The lowest BCUT2D eigenvalue weighted by Gasteiger charge is -2.38. The van der Waals surface area contributed by atoms with Crippen molar-refractivity contribution in [3.05, 3.63) is 0 Å². The maximum absolute atomic E-state index is 10.3. The molecule has 1 saturated carbocycles. The Morgan fingerprint density at radius 3 is 2.65 bits per heavy atom. The lowest BCUT2D eigenvalue weighted by Crippen LogP contribution is -2.47. The number of nitrogens with zero attached hydrogens (tertiary/aromatic N) is 1. The van der Waals surface area contributed by atoms with Crippen LogP contribution in [0.3, 0.4) is 0 Å². The molecule has 1 N–H and O–H groups in total. The predicted molar refractivity (Wildman–Crippen MR) is 72.1 cm³/mol. The van der Waals surface area contributed by atoms with E-state index in [2.05, 4.69) is 18.7 Å². The molecule has 1 saturated heterocycles. The summed E-state index contributed by atoms with van der Waals surface area (Å²) in [5.41, 5.74) is 0. The van der Waals surface area contributed by atoms with Gasteiger partial charge >= 0.3 is 0 Å². The summed E-state index contributed by atoms with van der Waals surface area (Å²) in [5, 5.41) is 10.3. The predicted octanol–water partition coefficient (Wildman–Crippen LogP) is 3.19. The molecule has 2 rings (SSSR count). The van der Waals surface area contributed by atoms with E-state index in [-0.39, 0.29) is 6.10 Å². The molecule has 1 aliphatic heterocycles. The average molecular weight is 239 g/mol. The molecule has 0 aromatic carbocycles. The molecule has 2 aliphatic rings. The number of hydrogen-bond acceptors (Lipinski definition) is 2. The number of rotatable bonds is 5. The van der Waals surface area contributed by atoms with Crippen LogP contribution in [-0.2, 0) is 0 Å². The quantitative estimate of drug-likeness (QED) is 0.796. The van der Waals surface area contributed by atoms with E-state index >= 15 is 0 Å². The Labute approximate surface area is 106 Å². The third-order valence-electron chi connectivity index (χ3n) is 4.93. The zero-order chi connectivity index (χ0) is 12.3. The molecule has 2 nitrogen and oxygen atoms in total. The van der Waals surface area contributed by atoms with Crippen LogP contribution in [0.2, 0.25) is 0 Å². The summed E-state index contributed by atoms with van der Waals surface area (Å²) in [4.78, 5) is 2.66. The number of hydrogen-bond donors (Lipinski definition) is 1. The topological polar surface area (TPSA) is 23.5 Å². The van der Waals surface area contributed by atoms with Crippen LogP contribution in [0.4, 0.5) is 0 Å². The molecule has 2 heteroatoms. The smallest absolute Gasteiger partial charge is 0.0695 e. The highest BCUT2D eigenvalue weighted by Crippen LogP contribution is 2.38. The van der Waals surface area contributed by atoms with E-state index in [1.54, 1.807) is 0 Å². The lowest BCUT2D eigenvalue weighted by atomic mass is 9.84. The van der Waals surface area contributed by atoms with E-state index < -0.39 is 0 Å². The molecule has 1 heterocycles. The number of aliphatic hydroxyl groups excluding tert-OH is 1. The van der Waals surface area contributed by atoms with Gasteiger partial charge in [-0.2, -0.15) is 0 Å². The summed E-state index contributed by atoms with van der Waals surface area (Å²) in [6.45, 7) is 5.64. The van der Waals surface area contributed by atoms with Gasteiger partial charge in [0.2, 0.25) is 0 Å². The number of fused-ring (bicyclic) bond motifs is 1. The van der Waals surface area contributed by atoms with Crippen molar-refractivity contribution in [3.8, 4) is 0 Å². The van der Waals surface area contributed by atoms with Gasteiger partial charge in [0.05, 0.1) is 6.10 Å². The highest BCUT2D eigenvalue weighted by atomic mass is 16.3. The van der Waals surface area contributed by atoms with Gasteiger partial charge in [-0.1, -0.05) is 33.1 Å². The largest absolute Gasteiger partial charge is 0.391 e. The monoisotopic (exact) mass is 239 g/mol. The van der Waals surface area contributed by atoms with Gasteiger partial charge in [-0.15, -0.1) is 0 Å². The molecule has 1 aliphatic carbocycles. The highest BCUT2D eigenvalue weighted by Gasteiger charge is 2.40. The van der Waals surface area contributed by atoms with Gasteiger partial charge in [0.15, 0.2) is 0 Å². The molecule has 0 aromatic heterocycles. The van der Waals surface area contributed by atoms with E-state index in [4.69, 9.17) is 0 Å². The van der Waals surface area contributed by atoms with Crippen LogP contribution in [-0.4, -0.2) is 34.7 Å². The molecule has 100 valence electrons. The third-order valence-corrected chi connectivity index (χ3v) is 4.93. The van der Waals surface area contributed by atoms with Crippen LogP contribution in [0.1, 0.15) is 65.2 Å². The average Bonchev–Trinajstić information content (AvgIpc) is 2.75. The van der Waals surface area contributed by atoms with Gasteiger partial charge in [0.1, 0.15) is 0 Å². The van der Waals surface area contributed by atoms with Crippen molar-refractivity contribution in [2.75, 3.05) is 6.54 Å². The summed E-state index contributed by atoms with van der Waals surface area (Å²) in [6.07, 6.45) is 10.1. The van der Waals surface area contributed by atoms with Crippen molar-refractivity contribution in [1.29, 1.82) is 0 Å². The van der Waals surface area contributed by atoms with Crippen molar-refractivity contribution in [3.63, 3.8) is 0 Å². The Bertz CT molecular complexity index is 231. The SMILES string of the molecule is CCCC(O)C(CC)N1CCC2CCCCC21. The zero-order valence-corrected chi connectivity index (χ0v) is 11.6. The van der Waals surface area contributed by atoms with E-state index in [1.165, 1.54) is 38.6 Å². The molecule has 0 bridgehead atoms. The zero-order valence-electron chi connectivity index (χ0n) is 11.6. The summed E-state index contributed by atoms with van der Waals surface area (Å²) in [5.74, 6) is 0.937. The van der Waals surface area contributed by atoms with Gasteiger partial charge in [-0.05, 0) is 44.6 Å². The molecule has 0 aromatic rings. The first-order valence-electron chi connectivity index (χ1n) is 7.71. The summed E-state index contributed by atoms with van der Waals surface area (Å²) < 4.78 is 0. The first-order chi connectivity index (χ1) is 8.27. The summed E-state index contributed by atoms with van der Waals surface area (Å²) >= 11 is 0. The number of likely N-dealkylation sites (tertiary alicyclic amines) is 1. The van der Waals surface area contributed by atoms with Crippen LogP contribution in [0.15, 0.2) is 0 Å². The molecular weight excluding hydrogens is 210 g/mol. The molecule has 0 amide bonds. The van der Waals surface area contributed by atoms with E-state index in [0.717, 1.165) is 31.2 Å². The molecular formula is C15H29NO. The minimum atomic E-state index is -0.106. The van der Waals surface area contributed by atoms with E-state index in [0.29, 0.717) is 6.04 Å². The van der Waals surface area contributed by atoms with Crippen molar-refractivity contribution in [1.82, 2.24) is 4.90 Å². The van der Waals surface area contributed by atoms with Crippen molar-refractivity contribution >= 4 is 0 Å². The fourth-order valence-electron chi connectivity index (χ4n) is 4.07. The molecule has 4 unspecified atom stereocenters. The second kappa shape index (κ2) is 6.19. The fraction of sp³-hybridized carbons (Fsp3) is 1.00. The Morgan fingerprint density at radius 1 is 1.18 bits per heavy atom. The minimum absolute atomic E-state index is 0.106. The molecule has 17 heavy (non-hydrogen) atoms. The normalized spacial score (nSPS) is 33.4. The minimum Gasteiger partial charge on any atom is -0.391 e. The Kier molecular flexibility index (Phi) is 4.87. The second-order valence-electron chi connectivity index (χ2n) is 5.97. The maximum atomic E-state index is 10.3. The fourth-order valence-corrected chi connectivity index (χ4v) is 4.07. The van der Waals surface area contributed by atoms with Gasteiger partial charge in [-0.3, -0.25) is 4.90 Å². The van der Waals surface area contributed by atoms with Crippen LogP contribution < -0.4 is 0 Å². The highest BCUT2D eigenvalue weighted by molar-refractivity contribution is 4.94. The third kappa shape index (κ3) is 2.85. The first kappa shape index (κ1) is 13.4. The first-order valence-corrected chi connectivity index (χ1v) is 7.71. The van der Waals surface area contributed by atoms with Crippen LogP contribution >= 0.6 is 0 Å². The van der Waals surface area contributed by atoms with Gasteiger partial charge < -0.3 is 5.11 Å². The van der Waals surface area contributed by atoms with Crippen molar-refractivity contribution in [2.45, 2.75) is 83.4 Å². The van der Waals surface area contributed by atoms with Gasteiger partial charge in [0.25, 0.3) is 0 Å². The Hall–Kier alpha value is -0.0800. The van der Waals surface area contributed by atoms with E-state index in [1.807, 2.05) is 0 Å². The second-order valence-corrected chi connectivity index (χ2v) is 5.97. The molecule has 0 spiro atoms. The summed E-state index contributed by atoms with van der Waals surface area (Å²) in [6, 6.07) is 1.21. The van der Waals surface area contributed by atoms with Crippen molar-refractivity contribution < 1.29 is 5.11 Å². The molecule has 4 atom stereocenters. The van der Waals surface area contributed by atoms with Crippen LogP contribution in [0, 0.1) is 5.92 Å². The summed E-state index contributed by atoms with van der Waals surface area (Å²) in [7, 11) is 0. The van der Waals surface area contributed by atoms with Crippen LogP contribution in [0.25, 0.3) is 0 Å². The van der Waals surface area contributed by atoms with Gasteiger partial charge in [0, 0.05) is 12.1 Å².